The molecule has 2 rings (SSSR count). The van der Waals surface area contributed by atoms with Gasteiger partial charge < -0.3 is 10.1 Å². The average Bonchev–Trinajstić information content (AvgIpc) is 2.33. The molecule has 0 radical (unpaired) electrons. The maximum atomic E-state index is 5.35. The lowest BCUT2D eigenvalue weighted by Gasteiger charge is -2.31. The minimum absolute atomic E-state index is 0.736. The van der Waals surface area contributed by atoms with Crippen LogP contribution in [0.25, 0.3) is 0 Å². The fourth-order valence-corrected chi connectivity index (χ4v) is 3.59. The zero-order valence-corrected chi connectivity index (χ0v) is 11.1. The fraction of sp³-hybridized carbons (Fsp3) is 1.00. The van der Waals surface area contributed by atoms with Crippen molar-refractivity contribution < 1.29 is 4.74 Å². The van der Waals surface area contributed by atoms with Crippen LogP contribution in [0, 0.1) is 0 Å². The maximum Gasteiger partial charge on any atom is 0.0594 e. The summed E-state index contributed by atoms with van der Waals surface area (Å²) in [4.78, 5) is 2.50. The molecule has 0 bridgehead atoms. The topological polar surface area (TPSA) is 24.5 Å². The summed E-state index contributed by atoms with van der Waals surface area (Å²) in [6.45, 7) is 8.71. The van der Waals surface area contributed by atoms with Crippen molar-refractivity contribution in [1.29, 1.82) is 0 Å². The van der Waals surface area contributed by atoms with Crippen LogP contribution in [0.5, 0.6) is 0 Å². The molecule has 94 valence electrons. The van der Waals surface area contributed by atoms with Crippen molar-refractivity contribution in [2.24, 2.45) is 0 Å². The van der Waals surface area contributed by atoms with E-state index in [1.165, 1.54) is 25.1 Å². The summed E-state index contributed by atoms with van der Waals surface area (Å²) in [6.07, 6.45) is 2.74. The van der Waals surface area contributed by atoms with Gasteiger partial charge in [0.15, 0.2) is 0 Å². The molecule has 0 saturated carbocycles. The Morgan fingerprint density at radius 1 is 1.38 bits per heavy atom. The van der Waals surface area contributed by atoms with Gasteiger partial charge in [-0.3, -0.25) is 4.90 Å². The Morgan fingerprint density at radius 2 is 2.19 bits per heavy atom. The van der Waals surface area contributed by atoms with Crippen molar-refractivity contribution >= 4 is 11.8 Å². The molecule has 2 fully saturated rings. The van der Waals surface area contributed by atoms with Crippen LogP contribution in [-0.4, -0.2) is 61.3 Å². The Morgan fingerprint density at radius 3 is 2.94 bits per heavy atom. The van der Waals surface area contributed by atoms with Gasteiger partial charge in [0.25, 0.3) is 0 Å². The van der Waals surface area contributed by atoms with E-state index in [1.807, 2.05) is 0 Å². The highest BCUT2D eigenvalue weighted by atomic mass is 32.2. The summed E-state index contributed by atoms with van der Waals surface area (Å²) < 4.78 is 5.35. The second-order valence-corrected chi connectivity index (χ2v) is 6.22. The summed E-state index contributed by atoms with van der Waals surface area (Å²) in [5.74, 6) is 1.35. The molecule has 2 atom stereocenters. The molecule has 2 aliphatic rings. The summed E-state index contributed by atoms with van der Waals surface area (Å²) in [5.41, 5.74) is 0. The molecule has 2 unspecified atom stereocenters. The molecule has 2 heterocycles. The number of morpholine rings is 1. The molecule has 2 aliphatic heterocycles. The van der Waals surface area contributed by atoms with Gasteiger partial charge in [0.2, 0.25) is 0 Å². The second kappa shape index (κ2) is 6.84. The molecule has 0 aromatic rings. The van der Waals surface area contributed by atoms with Crippen LogP contribution in [0.3, 0.4) is 0 Å². The lowest BCUT2D eigenvalue weighted by molar-refractivity contribution is 0.0381. The average molecular weight is 244 g/mol. The number of hydrogen-bond donors (Lipinski definition) is 1. The molecule has 16 heavy (non-hydrogen) atoms. The largest absolute Gasteiger partial charge is 0.379 e. The van der Waals surface area contributed by atoms with Crippen LogP contribution in [0.4, 0.5) is 0 Å². The smallest absolute Gasteiger partial charge is 0.0594 e. The predicted octanol–water partition coefficient (Wildman–Crippen LogP) is 1.19. The maximum absolute atomic E-state index is 5.35. The Kier molecular flexibility index (Phi) is 5.42. The zero-order valence-electron chi connectivity index (χ0n) is 10.3. The van der Waals surface area contributed by atoms with E-state index in [0.29, 0.717) is 0 Å². The van der Waals surface area contributed by atoms with E-state index in [4.69, 9.17) is 4.74 Å². The van der Waals surface area contributed by atoms with E-state index >= 15 is 0 Å². The van der Waals surface area contributed by atoms with Gasteiger partial charge in [-0.05, 0) is 18.6 Å². The van der Waals surface area contributed by atoms with Crippen molar-refractivity contribution in [1.82, 2.24) is 10.2 Å². The van der Waals surface area contributed by atoms with Crippen molar-refractivity contribution in [2.45, 2.75) is 31.1 Å². The van der Waals surface area contributed by atoms with Crippen LogP contribution in [0.15, 0.2) is 0 Å². The molecule has 2 saturated heterocycles. The van der Waals surface area contributed by atoms with Gasteiger partial charge in [0.1, 0.15) is 0 Å². The van der Waals surface area contributed by atoms with Gasteiger partial charge in [0, 0.05) is 37.5 Å². The van der Waals surface area contributed by atoms with E-state index in [9.17, 15) is 0 Å². The zero-order chi connectivity index (χ0) is 11.2. The Hall–Kier alpha value is 0.230. The minimum atomic E-state index is 0.736. The number of ether oxygens (including phenoxy) is 1. The van der Waals surface area contributed by atoms with Gasteiger partial charge in [-0.15, -0.1) is 0 Å². The molecule has 1 N–H and O–H groups in total. The highest BCUT2D eigenvalue weighted by Crippen LogP contribution is 2.24. The molecule has 3 nitrogen and oxygen atoms in total. The molecule has 0 aromatic heterocycles. The van der Waals surface area contributed by atoms with Gasteiger partial charge in [0.05, 0.1) is 13.2 Å². The minimum Gasteiger partial charge on any atom is -0.379 e. The first-order valence-corrected chi connectivity index (χ1v) is 7.56. The molecule has 0 amide bonds. The van der Waals surface area contributed by atoms with Crippen LogP contribution in [0.2, 0.25) is 0 Å². The third-order valence-corrected chi connectivity index (χ3v) is 4.92. The summed E-state index contributed by atoms with van der Waals surface area (Å²) in [6, 6.07) is 0.736. The van der Waals surface area contributed by atoms with Crippen LogP contribution < -0.4 is 5.32 Å². The van der Waals surface area contributed by atoms with E-state index in [0.717, 1.165) is 44.1 Å². The van der Waals surface area contributed by atoms with Gasteiger partial charge in [-0.25, -0.2) is 0 Å². The van der Waals surface area contributed by atoms with E-state index in [-0.39, 0.29) is 0 Å². The monoisotopic (exact) mass is 244 g/mol. The lowest BCUT2D eigenvalue weighted by atomic mass is 10.1. The number of rotatable bonds is 4. The Balaban J connectivity index is 1.59. The molecule has 0 aliphatic carbocycles. The molecular formula is C12H24N2OS. The van der Waals surface area contributed by atoms with Crippen LogP contribution >= 0.6 is 11.8 Å². The predicted molar refractivity (Wildman–Crippen MR) is 70.2 cm³/mol. The SMILES string of the molecule is CC1SCCCC1NCCN1CCOCC1. The highest BCUT2D eigenvalue weighted by molar-refractivity contribution is 7.99. The van der Waals surface area contributed by atoms with E-state index in [2.05, 4.69) is 28.9 Å². The number of nitrogens with zero attached hydrogens (tertiary/aromatic N) is 1. The molecule has 0 aromatic carbocycles. The van der Waals surface area contributed by atoms with Crippen molar-refractivity contribution in [3.8, 4) is 0 Å². The Bertz CT molecular complexity index is 197. The van der Waals surface area contributed by atoms with Gasteiger partial charge in [-0.1, -0.05) is 6.92 Å². The fourth-order valence-electron chi connectivity index (χ4n) is 2.42. The Labute approximate surface area is 103 Å². The first kappa shape index (κ1) is 12.7. The first-order valence-electron chi connectivity index (χ1n) is 6.51. The molecular weight excluding hydrogens is 220 g/mol. The van der Waals surface area contributed by atoms with Gasteiger partial charge >= 0.3 is 0 Å². The second-order valence-electron chi connectivity index (χ2n) is 4.73. The first-order chi connectivity index (χ1) is 7.86. The number of thioether (sulfide) groups is 1. The lowest BCUT2D eigenvalue weighted by Crippen LogP contribution is -2.45. The quantitative estimate of drug-likeness (QED) is 0.803. The van der Waals surface area contributed by atoms with E-state index in [1.54, 1.807) is 0 Å². The summed E-state index contributed by atoms with van der Waals surface area (Å²) in [5, 5.41) is 4.51. The number of hydrogen-bond acceptors (Lipinski definition) is 4. The van der Waals surface area contributed by atoms with Crippen molar-refractivity contribution in [3.05, 3.63) is 0 Å². The summed E-state index contributed by atoms with van der Waals surface area (Å²) in [7, 11) is 0. The van der Waals surface area contributed by atoms with Crippen LogP contribution in [0.1, 0.15) is 19.8 Å². The number of nitrogens with one attached hydrogen (secondary N) is 1. The normalized spacial score (nSPS) is 32.8. The third-order valence-electron chi connectivity index (χ3n) is 3.55. The van der Waals surface area contributed by atoms with Crippen LogP contribution in [-0.2, 0) is 4.74 Å². The van der Waals surface area contributed by atoms with E-state index < -0.39 is 0 Å². The summed E-state index contributed by atoms with van der Waals surface area (Å²) >= 11 is 2.12. The van der Waals surface area contributed by atoms with Gasteiger partial charge in [-0.2, -0.15) is 11.8 Å². The van der Waals surface area contributed by atoms with Crippen molar-refractivity contribution in [2.75, 3.05) is 45.1 Å². The van der Waals surface area contributed by atoms with Crippen molar-refractivity contribution in [3.63, 3.8) is 0 Å². The highest BCUT2D eigenvalue weighted by Gasteiger charge is 2.21. The molecule has 0 spiro atoms. The molecule has 4 heteroatoms. The standard InChI is InChI=1S/C12H24N2OS/c1-11-12(3-2-10-16-11)13-4-5-14-6-8-15-9-7-14/h11-13H,2-10H2,1H3. The third kappa shape index (κ3) is 3.91.